The second kappa shape index (κ2) is 5.40. The molecule has 21 heavy (non-hydrogen) atoms. The molecule has 0 aromatic heterocycles. The third-order valence-corrected chi connectivity index (χ3v) is 3.62. The molecule has 0 bridgehead atoms. The largest absolute Gasteiger partial charge is 0.497 e. The van der Waals surface area contributed by atoms with Crippen molar-refractivity contribution in [1.29, 1.82) is 0 Å². The van der Waals surface area contributed by atoms with Crippen LogP contribution in [-0.4, -0.2) is 18.8 Å². The molecule has 1 aliphatic rings. The maximum atomic E-state index is 12.5. The molecule has 4 heteroatoms. The topological polar surface area (TPSA) is 55.4 Å². The minimum absolute atomic E-state index is 0.0248. The predicted octanol–water partition coefficient (Wildman–Crippen LogP) is 2.81. The molecule has 0 fully saturated rings. The van der Waals surface area contributed by atoms with E-state index < -0.39 is 0 Å². The zero-order valence-corrected chi connectivity index (χ0v) is 11.7. The summed E-state index contributed by atoms with van der Waals surface area (Å²) in [5, 5.41) is 2.81. The number of fused-ring (bicyclic) bond motifs is 1. The van der Waals surface area contributed by atoms with E-state index in [9.17, 15) is 9.59 Å². The number of hydrogen-bond acceptors (Lipinski definition) is 3. The first-order chi connectivity index (χ1) is 10.2. The summed E-state index contributed by atoms with van der Waals surface area (Å²) in [7, 11) is 1.59. The third kappa shape index (κ3) is 2.65. The SMILES string of the molecule is COc1ccc(C(=O)c2ccc3c(c2)CCC(=O)N3)cc1. The highest BCUT2D eigenvalue weighted by atomic mass is 16.5. The highest BCUT2D eigenvalue weighted by Crippen LogP contribution is 2.25. The van der Waals surface area contributed by atoms with Crippen LogP contribution in [0.25, 0.3) is 0 Å². The number of amides is 1. The van der Waals surface area contributed by atoms with Gasteiger partial charge in [-0.25, -0.2) is 0 Å². The minimum Gasteiger partial charge on any atom is -0.497 e. The molecule has 0 aliphatic carbocycles. The molecule has 1 N–H and O–H groups in total. The quantitative estimate of drug-likeness (QED) is 0.880. The van der Waals surface area contributed by atoms with Crippen molar-refractivity contribution in [3.8, 4) is 5.75 Å². The van der Waals surface area contributed by atoms with Crippen molar-refractivity contribution < 1.29 is 14.3 Å². The Labute approximate surface area is 122 Å². The first kappa shape index (κ1) is 13.4. The number of aryl methyl sites for hydroxylation is 1. The van der Waals surface area contributed by atoms with Gasteiger partial charge in [-0.3, -0.25) is 9.59 Å². The predicted molar refractivity (Wildman–Crippen MR) is 79.8 cm³/mol. The van der Waals surface area contributed by atoms with Gasteiger partial charge in [0.2, 0.25) is 5.91 Å². The molecule has 1 heterocycles. The van der Waals surface area contributed by atoms with Gasteiger partial charge >= 0.3 is 0 Å². The summed E-state index contributed by atoms with van der Waals surface area (Å²) in [6, 6.07) is 12.4. The summed E-state index contributed by atoms with van der Waals surface area (Å²) in [5.74, 6) is 0.716. The molecule has 4 nitrogen and oxygen atoms in total. The normalized spacial score (nSPS) is 13.3. The number of hydrogen-bond donors (Lipinski definition) is 1. The molecule has 0 saturated carbocycles. The number of carbonyl (C=O) groups excluding carboxylic acids is 2. The van der Waals surface area contributed by atoms with Crippen LogP contribution in [0.3, 0.4) is 0 Å². The average Bonchev–Trinajstić information content (AvgIpc) is 2.53. The van der Waals surface area contributed by atoms with Gasteiger partial charge in [0.25, 0.3) is 0 Å². The number of carbonyl (C=O) groups is 2. The molecule has 0 unspecified atom stereocenters. The smallest absolute Gasteiger partial charge is 0.224 e. The Bertz CT molecular complexity index is 704. The van der Waals surface area contributed by atoms with Gasteiger partial charge in [-0.1, -0.05) is 0 Å². The van der Waals surface area contributed by atoms with E-state index in [1.807, 2.05) is 6.07 Å². The van der Waals surface area contributed by atoms with Crippen molar-refractivity contribution >= 4 is 17.4 Å². The van der Waals surface area contributed by atoms with Crippen LogP contribution in [0.5, 0.6) is 5.75 Å². The van der Waals surface area contributed by atoms with Gasteiger partial charge in [0.05, 0.1) is 7.11 Å². The van der Waals surface area contributed by atoms with Gasteiger partial charge in [0.1, 0.15) is 5.75 Å². The first-order valence-electron chi connectivity index (χ1n) is 6.79. The van der Waals surface area contributed by atoms with Gasteiger partial charge < -0.3 is 10.1 Å². The Kier molecular flexibility index (Phi) is 3.44. The highest BCUT2D eigenvalue weighted by Gasteiger charge is 2.17. The lowest BCUT2D eigenvalue weighted by Gasteiger charge is -2.17. The van der Waals surface area contributed by atoms with Gasteiger partial charge in [-0.2, -0.15) is 0 Å². The van der Waals surface area contributed by atoms with Crippen LogP contribution in [-0.2, 0) is 11.2 Å². The van der Waals surface area contributed by atoms with E-state index in [0.29, 0.717) is 24.0 Å². The maximum absolute atomic E-state index is 12.5. The molecular formula is C17H15NO3. The van der Waals surface area contributed by atoms with Gasteiger partial charge in [0, 0.05) is 23.2 Å². The molecule has 0 radical (unpaired) electrons. The Hall–Kier alpha value is -2.62. The number of nitrogens with one attached hydrogen (secondary N) is 1. The van der Waals surface area contributed by atoms with Crippen LogP contribution in [0.15, 0.2) is 42.5 Å². The molecule has 1 amide bonds. The van der Waals surface area contributed by atoms with Crippen molar-refractivity contribution in [2.75, 3.05) is 12.4 Å². The number of ketones is 1. The molecule has 1 aliphatic heterocycles. The van der Waals surface area contributed by atoms with Crippen LogP contribution in [0.2, 0.25) is 0 Å². The summed E-state index contributed by atoms with van der Waals surface area (Å²) in [4.78, 5) is 23.8. The van der Waals surface area contributed by atoms with Crippen LogP contribution < -0.4 is 10.1 Å². The van der Waals surface area contributed by atoms with E-state index in [4.69, 9.17) is 4.74 Å². The zero-order chi connectivity index (χ0) is 14.8. The third-order valence-electron chi connectivity index (χ3n) is 3.62. The number of ether oxygens (including phenoxy) is 1. The summed E-state index contributed by atoms with van der Waals surface area (Å²) >= 11 is 0. The van der Waals surface area contributed by atoms with E-state index >= 15 is 0 Å². The van der Waals surface area contributed by atoms with Crippen LogP contribution >= 0.6 is 0 Å². The molecule has 0 spiro atoms. The summed E-state index contributed by atoms with van der Waals surface area (Å²) in [6.45, 7) is 0. The number of anilines is 1. The van der Waals surface area contributed by atoms with Gasteiger partial charge in [-0.15, -0.1) is 0 Å². The van der Waals surface area contributed by atoms with Crippen LogP contribution in [0, 0.1) is 0 Å². The Balaban J connectivity index is 1.89. The monoisotopic (exact) mass is 281 g/mol. The molecular weight excluding hydrogens is 266 g/mol. The highest BCUT2D eigenvalue weighted by molar-refractivity contribution is 6.09. The minimum atomic E-state index is -0.0302. The van der Waals surface area contributed by atoms with Crippen molar-refractivity contribution in [2.45, 2.75) is 12.8 Å². The number of rotatable bonds is 3. The average molecular weight is 281 g/mol. The molecule has 0 saturated heterocycles. The fourth-order valence-electron chi connectivity index (χ4n) is 2.43. The Morgan fingerprint density at radius 3 is 2.48 bits per heavy atom. The second-order valence-corrected chi connectivity index (χ2v) is 4.98. The molecule has 2 aromatic rings. The number of benzene rings is 2. The number of methoxy groups -OCH3 is 1. The van der Waals surface area contributed by atoms with E-state index in [1.54, 1.807) is 43.5 Å². The summed E-state index contributed by atoms with van der Waals surface area (Å²) in [5.41, 5.74) is 3.07. The van der Waals surface area contributed by atoms with Gasteiger partial charge in [-0.05, 0) is 54.4 Å². The molecule has 2 aromatic carbocycles. The lowest BCUT2D eigenvalue weighted by atomic mass is 9.96. The van der Waals surface area contributed by atoms with E-state index in [-0.39, 0.29) is 11.7 Å². The maximum Gasteiger partial charge on any atom is 0.224 e. The second-order valence-electron chi connectivity index (χ2n) is 4.98. The molecule has 0 atom stereocenters. The summed E-state index contributed by atoms with van der Waals surface area (Å²) < 4.78 is 5.09. The van der Waals surface area contributed by atoms with Crippen LogP contribution in [0.1, 0.15) is 27.9 Å². The van der Waals surface area contributed by atoms with E-state index in [2.05, 4.69) is 5.32 Å². The van der Waals surface area contributed by atoms with Crippen molar-refractivity contribution in [1.82, 2.24) is 0 Å². The first-order valence-corrected chi connectivity index (χ1v) is 6.79. The fraction of sp³-hybridized carbons (Fsp3) is 0.176. The fourth-order valence-corrected chi connectivity index (χ4v) is 2.43. The lowest BCUT2D eigenvalue weighted by molar-refractivity contribution is -0.116. The van der Waals surface area contributed by atoms with E-state index in [1.165, 1.54) is 0 Å². The molecule has 3 rings (SSSR count). The Morgan fingerprint density at radius 2 is 1.76 bits per heavy atom. The summed E-state index contributed by atoms with van der Waals surface area (Å²) in [6.07, 6.45) is 1.14. The standard InChI is InChI=1S/C17H15NO3/c1-21-14-6-2-11(3-7-14)17(20)13-4-8-15-12(10-13)5-9-16(19)18-15/h2-4,6-8,10H,5,9H2,1H3,(H,18,19). The van der Waals surface area contributed by atoms with Crippen molar-refractivity contribution in [3.05, 3.63) is 59.2 Å². The van der Waals surface area contributed by atoms with Crippen molar-refractivity contribution in [3.63, 3.8) is 0 Å². The van der Waals surface area contributed by atoms with Crippen molar-refractivity contribution in [2.24, 2.45) is 0 Å². The van der Waals surface area contributed by atoms with E-state index in [0.717, 1.165) is 17.0 Å². The van der Waals surface area contributed by atoms with Gasteiger partial charge in [0.15, 0.2) is 5.78 Å². The Morgan fingerprint density at radius 1 is 1.05 bits per heavy atom. The molecule has 106 valence electrons. The zero-order valence-electron chi connectivity index (χ0n) is 11.7. The van der Waals surface area contributed by atoms with Crippen LogP contribution in [0.4, 0.5) is 5.69 Å². The lowest BCUT2D eigenvalue weighted by Crippen LogP contribution is -2.19.